The summed E-state index contributed by atoms with van der Waals surface area (Å²) >= 11 is 0. The fourth-order valence-electron chi connectivity index (χ4n) is 3.79. The van der Waals surface area contributed by atoms with Gasteiger partial charge in [0.15, 0.2) is 11.4 Å². The molecule has 0 atom stereocenters. The van der Waals surface area contributed by atoms with E-state index in [4.69, 9.17) is 4.74 Å². The van der Waals surface area contributed by atoms with E-state index in [-0.39, 0.29) is 25.5 Å². The highest BCUT2D eigenvalue weighted by atomic mass is 19.1. The second-order valence-corrected chi connectivity index (χ2v) is 7.37. The molecular weight excluding hydrogens is 420 g/mol. The molecule has 0 spiro atoms. The number of methoxy groups -OCH3 is 1. The van der Waals surface area contributed by atoms with Gasteiger partial charge in [0.25, 0.3) is 5.91 Å². The Kier molecular flexibility index (Phi) is 5.91. The number of hydrogen-bond acceptors (Lipinski definition) is 5. The smallest absolute Gasteiger partial charge is 0.277 e. The van der Waals surface area contributed by atoms with Gasteiger partial charge >= 0.3 is 0 Å². The summed E-state index contributed by atoms with van der Waals surface area (Å²) in [6, 6.07) is 12.2. The summed E-state index contributed by atoms with van der Waals surface area (Å²) in [6.07, 6.45) is 1.41. The number of rotatable bonds is 6. The van der Waals surface area contributed by atoms with E-state index in [9.17, 15) is 23.5 Å². The molecule has 166 valence electrons. The predicted octanol–water partition coefficient (Wildman–Crippen LogP) is 2.62. The zero-order chi connectivity index (χ0) is 22.8. The SMILES string of the molecule is COCCN1CN(C(c2ccc(F)cc2)c2ccc(F)cc2)n2ccc(=O)c(O)c2C1=O. The van der Waals surface area contributed by atoms with Crippen LogP contribution in [0.3, 0.4) is 0 Å². The van der Waals surface area contributed by atoms with Gasteiger partial charge in [-0.3, -0.25) is 19.3 Å². The third-order valence-electron chi connectivity index (χ3n) is 5.37. The minimum absolute atomic E-state index is 0.0803. The zero-order valence-electron chi connectivity index (χ0n) is 17.2. The van der Waals surface area contributed by atoms with Crippen LogP contribution < -0.4 is 10.4 Å². The number of hydrogen-bond donors (Lipinski definition) is 1. The molecule has 0 saturated carbocycles. The van der Waals surface area contributed by atoms with Crippen molar-refractivity contribution in [2.45, 2.75) is 6.04 Å². The maximum Gasteiger partial charge on any atom is 0.277 e. The molecule has 0 saturated heterocycles. The first-order chi connectivity index (χ1) is 15.4. The summed E-state index contributed by atoms with van der Waals surface area (Å²) in [5.74, 6) is -2.01. The topological polar surface area (TPSA) is 75.0 Å². The molecule has 0 unspecified atom stereocenters. The van der Waals surface area contributed by atoms with Gasteiger partial charge in [0.05, 0.1) is 12.6 Å². The number of pyridine rings is 1. The molecule has 9 heteroatoms. The van der Waals surface area contributed by atoms with Crippen LogP contribution in [0.25, 0.3) is 0 Å². The van der Waals surface area contributed by atoms with Crippen molar-refractivity contribution in [2.24, 2.45) is 0 Å². The summed E-state index contributed by atoms with van der Waals surface area (Å²) in [5.41, 5.74) is 0.471. The second kappa shape index (κ2) is 8.80. The quantitative estimate of drug-likeness (QED) is 0.637. The third kappa shape index (κ3) is 3.94. The number of carbonyl (C=O) groups is 1. The van der Waals surface area contributed by atoms with Crippen molar-refractivity contribution in [1.29, 1.82) is 0 Å². The standard InChI is InChI=1S/C23H21F2N3O4/c1-32-13-12-26-14-28(27-11-10-19(29)22(30)21(27)23(26)31)20(15-2-6-17(24)7-3-15)16-4-8-18(25)9-5-16/h2-11,20,30H,12-14H2,1H3. The van der Waals surface area contributed by atoms with Gasteiger partial charge in [-0.2, -0.15) is 0 Å². The molecule has 1 aromatic heterocycles. The van der Waals surface area contributed by atoms with E-state index >= 15 is 0 Å². The number of amides is 1. The van der Waals surface area contributed by atoms with Crippen molar-refractivity contribution in [3.8, 4) is 5.75 Å². The Morgan fingerprint density at radius 3 is 2.06 bits per heavy atom. The maximum atomic E-state index is 13.6. The van der Waals surface area contributed by atoms with Gasteiger partial charge in [-0.15, -0.1) is 0 Å². The molecule has 1 aliphatic heterocycles. The molecule has 0 bridgehead atoms. The highest BCUT2D eigenvalue weighted by Gasteiger charge is 2.36. The lowest BCUT2D eigenvalue weighted by Gasteiger charge is -2.44. The summed E-state index contributed by atoms with van der Waals surface area (Å²) in [6.45, 7) is 0.542. The number of aromatic nitrogens is 1. The fourth-order valence-corrected chi connectivity index (χ4v) is 3.79. The van der Waals surface area contributed by atoms with Crippen molar-refractivity contribution < 1.29 is 23.4 Å². The van der Waals surface area contributed by atoms with E-state index < -0.39 is 34.8 Å². The van der Waals surface area contributed by atoms with Crippen LogP contribution in [-0.2, 0) is 4.74 Å². The Balaban J connectivity index is 1.91. The molecular formula is C23H21F2N3O4. The number of fused-ring (bicyclic) bond motifs is 1. The lowest BCUT2D eigenvalue weighted by Crippen LogP contribution is -2.56. The summed E-state index contributed by atoms with van der Waals surface area (Å²) in [7, 11) is 1.50. The van der Waals surface area contributed by atoms with Crippen LogP contribution in [0.2, 0.25) is 0 Å². The second-order valence-electron chi connectivity index (χ2n) is 7.37. The van der Waals surface area contributed by atoms with E-state index in [2.05, 4.69) is 0 Å². The number of nitrogens with zero attached hydrogens (tertiary/aromatic N) is 3. The van der Waals surface area contributed by atoms with Crippen LogP contribution in [0.4, 0.5) is 8.78 Å². The molecule has 32 heavy (non-hydrogen) atoms. The Bertz CT molecular complexity index is 1130. The van der Waals surface area contributed by atoms with Crippen LogP contribution in [0.5, 0.6) is 5.75 Å². The zero-order valence-corrected chi connectivity index (χ0v) is 17.2. The van der Waals surface area contributed by atoms with E-state index in [1.165, 1.54) is 47.1 Å². The van der Waals surface area contributed by atoms with Gasteiger partial charge < -0.3 is 14.7 Å². The minimum atomic E-state index is -0.682. The first-order valence-corrected chi connectivity index (χ1v) is 9.91. The van der Waals surface area contributed by atoms with Gasteiger partial charge in [-0.25, -0.2) is 8.78 Å². The number of carbonyl (C=O) groups excluding carboxylic acids is 1. The predicted molar refractivity (Wildman–Crippen MR) is 113 cm³/mol. The summed E-state index contributed by atoms with van der Waals surface area (Å²) < 4.78 is 33.8. The first kappa shape index (κ1) is 21.5. The summed E-state index contributed by atoms with van der Waals surface area (Å²) in [5, 5.41) is 12.2. The lowest BCUT2D eigenvalue weighted by atomic mass is 9.97. The molecule has 1 amide bonds. The monoisotopic (exact) mass is 441 g/mol. The van der Waals surface area contributed by atoms with Crippen LogP contribution in [0.15, 0.2) is 65.6 Å². The number of ether oxygens (including phenoxy) is 1. The third-order valence-corrected chi connectivity index (χ3v) is 5.37. The number of halogens is 2. The average molecular weight is 441 g/mol. The molecule has 2 heterocycles. The number of aromatic hydroxyl groups is 1. The molecule has 0 fully saturated rings. The van der Waals surface area contributed by atoms with Crippen LogP contribution >= 0.6 is 0 Å². The van der Waals surface area contributed by atoms with Crippen molar-refractivity contribution in [3.05, 3.63) is 99.5 Å². The number of benzene rings is 2. The molecule has 0 radical (unpaired) electrons. The fraction of sp³-hybridized carbons (Fsp3) is 0.217. The average Bonchev–Trinajstić information content (AvgIpc) is 2.79. The Morgan fingerprint density at radius 1 is 0.969 bits per heavy atom. The van der Waals surface area contributed by atoms with Crippen molar-refractivity contribution in [2.75, 3.05) is 31.9 Å². The van der Waals surface area contributed by atoms with Gasteiger partial charge in [0.1, 0.15) is 18.3 Å². The van der Waals surface area contributed by atoms with Crippen molar-refractivity contribution in [1.82, 2.24) is 9.58 Å². The Labute approximate surface area is 182 Å². The Morgan fingerprint density at radius 2 is 1.53 bits per heavy atom. The minimum Gasteiger partial charge on any atom is -0.502 e. The molecule has 4 rings (SSSR count). The van der Waals surface area contributed by atoms with E-state index in [1.807, 2.05) is 0 Å². The van der Waals surface area contributed by atoms with Crippen LogP contribution in [0, 0.1) is 11.6 Å². The first-order valence-electron chi connectivity index (χ1n) is 9.91. The molecule has 0 aliphatic carbocycles. The van der Waals surface area contributed by atoms with E-state index in [0.29, 0.717) is 11.1 Å². The molecule has 3 aromatic rings. The lowest BCUT2D eigenvalue weighted by molar-refractivity contribution is 0.0614. The van der Waals surface area contributed by atoms with E-state index in [0.717, 1.165) is 6.07 Å². The maximum absolute atomic E-state index is 13.6. The van der Waals surface area contributed by atoms with Gasteiger partial charge in [-0.05, 0) is 35.4 Å². The highest BCUT2D eigenvalue weighted by Crippen LogP contribution is 2.32. The largest absolute Gasteiger partial charge is 0.502 e. The van der Waals surface area contributed by atoms with Gasteiger partial charge in [0.2, 0.25) is 5.43 Å². The van der Waals surface area contributed by atoms with Crippen LogP contribution in [-0.4, -0.2) is 47.5 Å². The summed E-state index contributed by atoms with van der Waals surface area (Å²) in [4.78, 5) is 26.6. The van der Waals surface area contributed by atoms with Crippen molar-refractivity contribution in [3.63, 3.8) is 0 Å². The molecule has 1 aliphatic rings. The molecule has 7 nitrogen and oxygen atoms in total. The molecule has 2 aromatic carbocycles. The normalized spacial score (nSPS) is 13.6. The Hall–Kier alpha value is -3.72. The molecule has 1 N–H and O–H groups in total. The van der Waals surface area contributed by atoms with Gasteiger partial charge in [0, 0.05) is 25.9 Å². The van der Waals surface area contributed by atoms with Gasteiger partial charge in [-0.1, -0.05) is 24.3 Å². The van der Waals surface area contributed by atoms with Crippen LogP contribution in [0.1, 0.15) is 27.7 Å². The van der Waals surface area contributed by atoms with E-state index in [1.54, 1.807) is 29.3 Å². The van der Waals surface area contributed by atoms with Crippen molar-refractivity contribution >= 4 is 5.91 Å². The highest BCUT2D eigenvalue weighted by molar-refractivity contribution is 5.96.